The highest BCUT2D eigenvalue weighted by Crippen LogP contribution is 2.30. The zero-order chi connectivity index (χ0) is 27.2. The number of halogens is 1. The summed E-state index contributed by atoms with van der Waals surface area (Å²) in [5, 5.41) is 2.47. The highest BCUT2D eigenvalue weighted by Gasteiger charge is 2.21. The number of ether oxygens (including phenoxy) is 3. The van der Waals surface area contributed by atoms with Gasteiger partial charge in [-0.15, -0.1) is 0 Å². The van der Waals surface area contributed by atoms with E-state index in [9.17, 15) is 27.2 Å². The van der Waals surface area contributed by atoms with Gasteiger partial charge in [-0.1, -0.05) is 12.1 Å². The fraction of sp³-hybridized carbons (Fsp3) is 0.160. The molecular weight excluding hydrogens is 507 g/mol. The second kappa shape index (κ2) is 11.5. The number of benzene rings is 3. The molecule has 0 aliphatic heterocycles. The van der Waals surface area contributed by atoms with Crippen molar-refractivity contribution in [3.8, 4) is 5.75 Å². The first kappa shape index (κ1) is 27.1. The normalized spacial score (nSPS) is 10.8. The topological polar surface area (TPSA) is 137 Å². The molecule has 0 heterocycles. The Hall–Kier alpha value is -4.45. The molecule has 0 radical (unpaired) electrons. The summed E-state index contributed by atoms with van der Waals surface area (Å²) in [6, 6.07) is 12.6. The number of sulfonamides is 1. The number of methoxy groups -OCH3 is 2. The largest absolute Gasteiger partial charge is 0.492 e. The lowest BCUT2D eigenvalue weighted by Gasteiger charge is -2.15. The molecule has 3 aromatic rings. The van der Waals surface area contributed by atoms with E-state index in [4.69, 9.17) is 4.74 Å². The first-order valence-electron chi connectivity index (χ1n) is 10.8. The average Bonchev–Trinajstić information content (AvgIpc) is 2.88. The van der Waals surface area contributed by atoms with E-state index in [2.05, 4.69) is 19.5 Å². The molecule has 3 aromatic carbocycles. The molecule has 0 unspecified atom stereocenters. The lowest BCUT2D eigenvalue weighted by Crippen LogP contribution is -2.17. The van der Waals surface area contributed by atoms with E-state index >= 15 is 0 Å². The van der Waals surface area contributed by atoms with Gasteiger partial charge in [0.15, 0.2) is 0 Å². The van der Waals surface area contributed by atoms with Crippen molar-refractivity contribution in [2.75, 3.05) is 30.9 Å². The van der Waals surface area contributed by atoms with E-state index in [1.165, 1.54) is 48.5 Å². The van der Waals surface area contributed by atoms with E-state index < -0.39 is 33.7 Å². The van der Waals surface area contributed by atoms with Crippen LogP contribution in [0.15, 0.2) is 65.6 Å². The maximum atomic E-state index is 14.1. The summed E-state index contributed by atoms with van der Waals surface area (Å²) in [5.41, 5.74) is -0.558. The first-order chi connectivity index (χ1) is 17.6. The molecule has 3 rings (SSSR count). The van der Waals surface area contributed by atoms with Crippen molar-refractivity contribution in [3.05, 3.63) is 83.2 Å². The molecule has 37 heavy (non-hydrogen) atoms. The molecule has 0 atom stereocenters. The molecule has 0 aromatic heterocycles. The summed E-state index contributed by atoms with van der Waals surface area (Å²) in [5.74, 6) is -3.01. The van der Waals surface area contributed by atoms with Gasteiger partial charge < -0.3 is 19.5 Å². The van der Waals surface area contributed by atoms with Gasteiger partial charge in [0.1, 0.15) is 11.6 Å². The molecule has 2 N–H and O–H groups in total. The van der Waals surface area contributed by atoms with Gasteiger partial charge in [-0.25, -0.2) is 22.4 Å². The minimum atomic E-state index is -4.31. The number of carbonyl (C=O) groups excluding carboxylic acids is 3. The summed E-state index contributed by atoms with van der Waals surface area (Å²) in [6.07, 6.45) is 0. The number of hydrogen-bond acceptors (Lipinski definition) is 8. The maximum absolute atomic E-state index is 14.1. The first-order valence-corrected chi connectivity index (χ1v) is 12.2. The third-order valence-corrected chi connectivity index (χ3v) is 6.33. The van der Waals surface area contributed by atoms with E-state index in [0.29, 0.717) is 0 Å². The molecular formula is C25H23FN2O8S. The van der Waals surface area contributed by atoms with Crippen LogP contribution in [0.4, 0.5) is 15.8 Å². The van der Waals surface area contributed by atoms with Crippen LogP contribution in [-0.4, -0.2) is 47.1 Å². The Morgan fingerprint density at radius 3 is 2.08 bits per heavy atom. The van der Waals surface area contributed by atoms with Crippen molar-refractivity contribution in [1.82, 2.24) is 0 Å². The number of esters is 2. The van der Waals surface area contributed by atoms with Crippen LogP contribution in [0.25, 0.3) is 0 Å². The summed E-state index contributed by atoms with van der Waals surface area (Å²) >= 11 is 0. The van der Waals surface area contributed by atoms with Gasteiger partial charge in [-0.05, 0) is 55.5 Å². The second-order valence-corrected chi connectivity index (χ2v) is 9.10. The number of rotatable bonds is 9. The second-order valence-electron chi connectivity index (χ2n) is 7.41. The van der Waals surface area contributed by atoms with Gasteiger partial charge in [-0.3, -0.25) is 9.52 Å². The fourth-order valence-electron chi connectivity index (χ4n) is 3.26. The van der Waals surface area contributed by atoms with Gasteiger partial charge in [0.05, 0.1) is 53.8 Å². The number of nitrogens with one attached hydrogen (secondary N) is 2. The van der Waals surface area contributed by atoms with Crippen LogP contribution in [0.3, 0.4) is 0 Å². The van der Waals surface area contributed by atoms with Crippen LogP contribution in [0.1, 0.15) is 38.0 Å². The van der Waals surface area contributed by atoms with Gasteiger partial charge >= 0.3 is 11.9 Å². The lowest BCUT2D eigenvalue weighted by atomic mass is 10.1. The Balaban J connectivity index is 1.99. The predicted molar refractivity (Wildman–Crippen MR) is 132 cm³/mol. The zero-order valence-electron chi connectivity index (χ0n) is 20.0. The highest BCUT2D eigenvalue weighted by molar-refractivity contribution is 7.92. The molecule has 0 saturated heterocycles. The standard InChI is InChI=1S/C25H23FN2O8S/c1-4-36-22-10-9-18(14-21(22)27-23(29)19-7-5-6-8-20(19)26)37(32,33)28-17-12-15(24(30)34-2)11-16(13-17)25(31)35-3/h5-14,28H,4H2,1-3H3,(H,27,29). The van der Waals surface area contributed by atoms with E-state index in [1.807, 2.05) is 0 Å². The molecule has 0 fully saturated rings. The van der Waals surface area contributed by atoms with Crippen molar-refractivity contribution >= 4 is 39.2 Å². The molecule has 0 bridgehead atoms. The Kier molecular flexibility index (Phi) is 8.45. The smallest absolute Gasteiger partial charge is 0.337 e. The molecule has 1 amide bonds. The van der Waals surface area contributed by atoms with Crippen LogP contribution in [0.5, 0.6) is 5.75 Å². The molecule has 0 spiro atoms. The third kappa shape index (κ3) is 6.41. The summed E-state index contributed by atoms with van der Waals surface area (Å²) in [7, 11) is -2.04. The van der Waals surface area contributed by atoms with Crippen molar-refractivity contribution in [2.24, 2.45) is 0 Å². The highest BCUT2D eigenvalue weighted by atomic mass is 32.2. The van der Waals surface area contributed by atoms with Crippen LogP contribution in [-0.2, 0) is 19.5 Å². The van der Waals surface area contributed by atoms with Crippen molar-refractivity contribution < 1.29 is 41.4 Å². The van der Waals surface area contributed by atoms with Crippen molar-refractivity contribution in [1.29, 1.82) is 0 Å². The van der Waals surface area contributed by atoms with Gasteiger partial charge in [0.25, 0.3) is 15.9 Å². The Morgan fingerprint density at radius 1 is 0.892 bits per heavy atom. The maximum Gasteiger partial charge on any atom is 0.337 e. The third-order valence-electron chi connectivity index (χ3n) is 4.96. The monoisotopic (exact) mass is 530 g/mol. The van der Waals surface area contributed by atoms with Crippen LogP contribution >= 0.6 is 0 Å². The molecule has 12 heteroatoms. The minimum absolute atomic E-state index is 0.0171. The molecule has 0 saturated carbocycles. The number of anilines is 2. The molecule has 194 valence electrons. The van der Waals surface area contributed by atoms with Gasteiger partial charge in [0, 0.05) is 0 Å². The van der Waals surface area contributed by atoms with Crippen LogP contribution < -0.4 is 14.8 Å². The van der Waals surface area contributed by atoms with Crippen LogP contribution in [0, 0.1) is 5.82 Å². The Labute approximate surface area is 212 Å². The van der Waals surface area contributed by atoms with Crippen LogP contribution in [0.2, 0.25) is 0 Å². The van der Waals surface area contributed by atoms with Gasteiger partial charge in [0.2, 0.25) is 0 Å². The van der Waals surface area contributed by atoms with Crippen molar-refractivity contribution in [3.63, 3.8) is 0 Å². The average molecular weight is 531 g/mol. The molecule has 0 aliphatic carbocycles. The Bertz CT molecular complexity index is 1420. The number of hydrogen-bond donors (Lipinski definition) is 2. The Morgan fingerprint density at radius 2 is 1.51 bits per heavy atom. The minimum Gasteiger partial charge on any atom is -0.492 e. The quantitative estimate of drug-likeness (QED) is 0.398. The van der Waals surface area contributed by atoms with E-state index in [0.717, 1.165) is 26.4 Å². The number of carbonyl (C=O) groups is 3. The summed E-state index contributed by atoms with van der Waals surface area (Å²) < 4.78 is 57.5. The molecule has 10 nitrogen and oxygen atoms in total. The van der Waals surface area contributed by atoms with Crippen molar-refractivity contribution in [2.45, 2.75) is 11.8 Å². The van der Waals surface area contributed by atoms with Gasteiger partial charge in [-0.2, -0.15) is 0 Å². The van der Waals surface area contributed by atoms with E-state index in [-0.39, 0.29) is 45.3 Å². The lowest BCUT2D eigenvalue weighted by molar-refractivity contribution is 0.0599. The number of amides is 1. The zero-order valence-corrected chi connectivity index (χ0v) is 20.8. The predicted octanol–water partition coefficient (Wildman–Crippen LogP) is 3.85. The fourth-order valence-corrected chi connectivity index (χ4v) is 4.33. The summed E-state index contributed by atoms with van der Waals surface area (Å²) in [4.78, 5) is 36.4. The van der Waals surface area contributed by atoms with E-state index in [1.54, 1.807) is 6.92 Å². The SMILES string of the molecule is CCOc1ccc(S(=O)(=O)Nc2cc(C(=O)OC)cc(C(=O)OC)c2)cc1NC(=O)c1ccccc1F. The summed E-state index contributed by atoms with van der Waals surface area (Å²) in [6.45, 7) is 1.91. The molecule has 0 aliphatic rings.